The van der Waals surface area contributed by atoms with Crippen LogP contribution in [0, 0.1) is 5.82 Å². The van der Waals surface area contributed by atoms with Gasteiger partial charge in [-0.25, -0.2) is 4.39 Å². The van der Waals surface area contributed by atoms with Crippen LogP contribution < -0.4 is 5.32 Å². The van der Waals surface area contributed by atoms with Crippen molar-refractivity contribution in [3.63, 3.8) is 0 Å². The van der Waals surface area contributed by atoms with E-state index in [2.05, 4.69) is 24.4 Å². The van der Waals surface area contributed by atoms with Crippen LogP contribution in [0.25, 0.3) is 0 Å². The van der Waals surface area contributed by atoms with Crippen molar-refractivity contribution in [2.45, 2.75) is 24.3 Å². The Balaban J connectivity index is 1.98. The molecule has 1 atom stereocenters. The average molecular weight is 324 g/mol. The highest BCUT2D eigenvalue weighted by molar-refractivity contribution is 7.99. The van der Waals surface area contributed by atoms with Crippen LogP contribution in [0.15, 0.2) is 53.4 Å². The minimum absolute atomic E-state index is 0.289. The van der Waals surface area contributed by atoms with Crippen molar-refractivity contribution >= 4 is 23.4 Å². The molecule has 0 saturated carbocycles. The van der Waals surface area contributed by atoms with E-state index in [9.17, 15) is 4.39 Å². The van der Waals surface area contributed by atoms with Crippen LogP contribution in [0.5, 0.6) is 0 Å². The molecule has 0 bridgehead atoms. The fourth-order valence-corrected chi connectivity index (χ4v) is 3.37. The zero-order chi connectivity index (χ0) is 15.1. The molecule has 112 valence electrons. The van der Waals surface area contributed by atoms with Crippen LogP contribution in [-0.4, -0.2) is 18.3 Å². The Labute approximate surface area is 134 Å². The normalized spacial score (nSPS) is 12.3. The summed E-state index contributed by atoms with van der Waals surface area (Å²) < 4.78 is 13.1. The maximum atomic E-state index is 13.1. The van der Waals surface area contributed by atoms with Gasteiger partial charge in [0, 0.05) is 21.7 Å². The lowest BCUT2D eigenvalue weighted by molar-refractivity contribution is 0.571. The molecule has 4 heteroatoms. The highest BCUT2D eigenvalue weighted by Crippen LogP contribution is 2.22. The first-order valence-corrected chi connectivity index (χ1v) is 8.40. The van der Waals surface area contributed by atoms with E-state index in [4.69, 9.17) is 11.6 Å². The summed E-state index contributed by atoms with van der Waals surface area (Å²) in [5, 5.41) is 3.97. The summed E-state index contributed by atoms with van der Waals surface area (Å²) in [6.45, 7) is 2.99. The van der Waals surface area contributed by atoms with Crippen LogP contribution in [-0.2, 0) is 6.42 Å². The Hall–Kier alpha value is -1.03. The molecular formula is C17H19ClFNS. The molecule has 0 aliphatic heterocycles. The standard InChI is InChI=1S/C17H19ClFNS/c1-2-20-15(12-21-16-6-4-3-5-7-16)10-13-8-9-14(19)11-17(13)18/h3-9,11,15,20H,2,10,12H2,1H3. The molecule has 1 nitrogen and oxygen atoms in total. The van der Waals surface area contributed by atoms with Gasteiger partial charge < -0.3 is 5.32 Å². The Morgan fingerprint density at radius 2 is 1.95 bits per heavy atom. The summed E-state index contributed by atoms with van der Waals surface area (Å²) in [6, 6.07) is 15.3. The fraction of sp³-hybridized carbons (Fsp3) is 0.294. The van der Waals surface area contributed by atoms with Crippen LogP contribution in [0.2, 0.25) is 5.02 Å². The van der Waals surface area contributed by atoms with Gasteiger partial charge in [-0.05, 0) is 42.8 Å². The van der Waals surface area contributed by atoms with Crippen molar-refractivity contribution in [1.29, 1.82) is 0 Å². The molecule has 1 unspecified atom stereocenters. The Morgan fingerprint density at radius 3 is 2.62 bits per heavy atom. The topological polar surface area (TPSA) is 12.0 Å². The third kappa shape index (κ3) is 5.34. The quantitative estimate of drug-likeness (QED) is 0.735. The van der Waals surface area contributed by atoms with Gasteiger partial charge in [0.25, 0.3) is 0 Å². The Kier molecular flexibility index (Phi) is 6.55. The maximum absolute atomic E-state index is 13.1. The summed E-state index contributed by atoms with van der Waals surface area (Å²) >= 11 is 7.93. The summed E-state index contributed by atoms with van der Waals surface area (Å²) in [5.74, 6) is 0.661. The Bertz CT molecular complexity index is 562. The molecule has 0 radical (unpaired) electrons. The van der Waals surface area contributed by atoms with Crippen molar-refractivity contribution in [2.75, 3.05) is 12.3 Å². The predicted molar refractivity (Wildman–Crippen MR) is 89.7 cm³/mol. The largest absolute Gasteiger partial charge is 0.313 e. The smallest absolute Gasteiger partial charge is 0.124 e. The van der Waals surface area contributed by atoms with Gasteiger partial charge in [-0.2, -0.15) is 0 Å². The van der Waals surface area contributed by atoms with E-state index in [1.54, 1.807) is 6.07 Å². The van der Waals surface area contributed by atoms with Crippen LogP contribution in [0.4, 0.5) is 4.39 Å². The molecule has 1 N–H and O–H groups in total. The molecule has 0 heterocycles. The molecule has 2 aromatic carbocycles. The molecule has 0 fully saturated rings. The molecular weight excluding hydrogens is 305 g/mol. The third-order valence-corrected chi connectivity index (χ3v) is 4.69. The van der Waals surface area contributed by atoms with E-state index in [0.717, 1.165) is 24.3 Å². The molecule has 0 saturated heterocycles. The zero-order valence-corrected chi connectivity index (χ0v) is 13.6. The van der Waals surface area contributed by atoms with E-state index in [1.165, 1.54) is 17.0 Å². The first-order chi connectivity index (χ1) is 10.2. The molecule has 21 heavy (non-hydrogen) atoms. The highest BCUT2D eigenvalue weighted by atomic mass is 35.5. The molecule has 0 aromatic heterocycles. The van der Waals surface area contributed by atoms with Crippen molar-refractivity contribution < 1.29 is 4.39 Å². The van der Waals surface area contributed by atoms with Gasteiger partial charge in [-0.3, -0.25) is 0 Å². The monoisotopic (exact) mass is 323 g/mol. The molecule has 0 aliphatic rings. The predicted octanol–water partition coefficient (Wildman–Crippen LogP) is 4.79. The van der Waals surface area contributed by atoms with E-state index in [-0.39, 0.29) is 5.82 Å². The number of benzene rings is 2. The molecule has 0 aliphatic carbocycles. The van der Waals surface area contributed by atoms with Gasteiger partial charge in [0.15, 0.2) is 0 Å². The van der Waals surface area contributed by atoms with Gasteiger partial charge in [0.05, 0.1) is 0 Å². The van der Waals surface area contributed by atoms with Crippen molar-refractivity contribution in [3.05, 3.63) is 64.9 Å². The minimum Gasteiger partial charge on any atom is -0.313 e. The van der Waals surface area contributed by atoms with Crippen molar-refractivity contribution in [1.82, 2.24) is 5.32 Å². The van der Waals surface area contributed by atoms with E-state index in [0.29, 0.717) is 11.1 Å². The van der Waals surface area contributed by atoms with Crippen LogP contribution >= 0.6 is 23.4 Å². The van der Waals surface area contributed by atoms with Gasteiger partial charge in [0.2, 0.25) is 0 Å². The number of hydrogen-bond donors (Lipinski definition) is 1. The summed E-state index contributed by atoms with van der Waals surface area (Å²) in [5.41, 5.74) is 0.984. The van der Waals surface area contributed by atoms with Crippen LogP contribution in [0.1, 0.15) is 12.5 Å². The molecule has 0 amide bonds. The van der Waals surface area contributed by atoms with E-state index < -0.39 is 0 Å². The first-order valence-electron chi connectivity index (χ1n) is 7.04. The summed E-state index contributed by atoms with van der Waals surface area (Å²) in [7, 11) is 0. The summed E-state index contributed by atoms with van der Waals surface area (Å²) in [4.78, 5) is 1.26. The lowest BCUT2D eigenvalue weighted by Gasteiger charge is -2.18. The fourth-order valence-electron chi connectivity index (χ4n) is 2.14. The van der Waals surface area contributed by atoms with Gasteiger partial charge in [0.1, 0.15) is 5.82 Å². The zero-order valence-electron chi connectivity index (χ0n) is 12.0. The average Bonchev–Trinajstić information content (AvgIpc) is 2.49. The maximum Gasteiger partial charge on any atom is 0.124 e. The van der Waals surface area contributed by atoms with Gasteiger partial charge in [-0.1, -0.05) is 42.8 Å². The highest BCUT2D eigenvalue weighted by Gasteiger charge is 2.12. The lowest BCUT2D eigenvalue weighted by atomic mass is 10.1. The molecule has 2 aromatic rings. The van der Waals surface area contributed by atoms with E-state index in [1.807, 2.05) is 30.0 Å². The van der Waals surface area contributed by atoms with Crippen molar-refractivity contribution in [3.8, 4) is 0 Å². The van der Waals surface area contributed by atoms with E-state index >= 15 is 0 Å². The second kappa shape index (κ2) is 8.42. The summed E-state index contributed by atoms with van der Waals surface area (Å²) in [6.07, 6.45) is 0.798. The number of hydrogen-bond acceptors (Lipinski definition) is 2. The Morgan fingerprint density at radius 1 is 1.19 bits per heavy atom. The van der Waals surface area contributed by atoms with Gasteiger partial charge >= 0.3 is 0 Å². The second-order valence-electron chi connectivity index (χ2n) is 4.82. The molecule has 2 rings (SSSR count). The van der Waals surface area contributed by atoms with Crippen LogP contribution in [0.3, 0.4) is 0 Å². The number of nitrogens with one attached hydrogen (secondary N) is 1. The minimum atomic E-state index is -0.289. The lowest BCUT2D eigenvalue weighted by Crippen LogP contribution is -2.33. The number of halogens is 2. The van der Waals surface area contributed by atoms with Gasteiger partial charge in [-0.15, -0.1) is 11.8 Å². The third-order valence-electron chi connectivity index (χ3n) is 3.17. The molecule has 0 spiro atoms. The first kappa shape index (κ1) is 16.3. The number of thioether (sulfide) groups is 1. The number of likely N-dealkylation sites (N-methyl/N-ethyl adjacent to an activating group) is 1. The van der Waals surface area contributed by atoms with Crippen molar-refractivity contribution in [2.24, 2.45) is 0 Å². The number of rotatable bonds is 7. The SMILES string of the molecule is CCNC(CSc1ccccc1)Cc1ccc(F)cc1Cl. The second-order valence-corrected chi connectivity index (χ2v) is 6.32.